The van der Waals surface area contributed by atoms with Crippen LogP contribution in [0.5, 0.6) is 0 Å². The molecule has 0 spiro atoms. The Morgan fingerprint density at radius 1 is 1.23 bits per heavy atom. The van der Waals surface area contributed by atoms with E-state index in [1.54, 1.807) is 0 Å². The summed E-state index contributed by atoms with van der Waals surface area (Å²) in [6.45, 7) is 4.03. The maximum Gasteiger partial charge on any atom is 0.188 e. The van der Waals surface area contributed by atoms with E-state index < -0.39 is 0 Å². The van der Waals surface area contributed by atoms with E-state index in [0.717, 1.165) is 10.6 Å². The smallest absolute Gasteiger partial charge is 0.188 e. The Hall–Kier alpha value is -0.800. The highest BCUT2D eigenvalue weighted by molar-refractivity contribution is 8.10. The van der Waals surface area contributed by atoms with Gasteiger partial charge in [-0.05, 0) is 13.8 Å². The van der Waals surface area contributed by atoms with Crippen LogP contribution in [0.15, 0.2) is 29.3 Å². The van der Waals surface area contributed by atoms with Gasteiger partial charge in [0.2, 0.25) is 0 Å². The number of hydrogen-bond acceptors (Lipinski definition) is 3. The molecule has 1 heterocycles. The fraction of sp³-hybridized carbons (Fsp3) is 0.300. The first-order valence-electron chi connectivity index (χ1n) is 4.20. The summed E-state index contributed by atoms with van der Waals surface area (Å²) in [6.07, 6.45) is -0.106. The first-order chi connectivity index (χ1) is 6.25. The number of aliphatic imine (C=N–C) groups is 1. The van der Waals surface area contributed by atoms with Gasteiger partial charge in [-0.15, -0.1) is 0 Å². The van der Waals surface area contributed by atoms with Crippen molar-refractivity contribution in [1.29, 1.82) is 0 Å². The van der Waals surface area contributed by atoms with Gasteiger partial charge in [-0.1, -0.05) is 29.8 Å². The first-order valence-corrected chi connectivity index (χ1v) is 4.94. The summed E-state index contributed by atoms with van der Waals surface area (Å²) < 4.78 is 5.40. The molecule has 0 saturated heterocycles. The van der Waals surface area contributed by atoms with Crippen molar-refractivity contribution in [2.45, 2.75) is 20.1 Å². The van der Waals surface area contributed by atoms with Crippen molar-refractivity contribution in [3.05, 3.63) is 35.4 Å². The van der Waals surface area contributed by atoms with Gasteiger partial charge >= 0.3 is 0 Å². The van der Waals surface area contributed by atoms with Crippen LogP contribution in [0.2, 0.25) is 0 Å². The van der Waals surface area contributed by atoms with Crippen molar-refractivity contribution in [2.24, 2.45) is 4.99 Å². The molecule has 0 radical (unpaired) electrons. The Kier molecular flexibility index (Phi) is 2.38. The minimum Gasteiger partial charge on any atom is -0.278 e. The van der Waals surface area contributed by atoms with Crippen molar-refractivity contribution in [1.82, 2.24) is 0 Å². The van der Waals surface area contributed by atoms with Gasteiger partial charge in [0.15, 0.2) is 6.23 Å². The van der Waals surface area contributed by atoms with Crippen LogP contribution in [0.25, 0.3) is 0 Å². The highest BCUT2D eigenvalue weighted by Crippen LogP contribution is 2.31. The predicted molar refractivity (Wildman–Crippen MR) is 55.7 cm³/mol. The van der Waals surface area contributed by atoms with Crippen molar-refractivity contribution in [2.75, 3.05) is 0 Å². The van der Waals surface area contributed by atoms with E-state index in [1.807, 2.05) is 6.92 Å². The monoisotopic (exact) mass is 193 g/mol. The third-order valence-electron chi connectivity index (χ3n) is 1.92. The maximum atomic E-state index is 5.40. The van der Waals surface area contributed by atoms with E-state index in [-0.39, 0.29) is 6.23 Å². The predicted octanol–water partition coefficient (Wildman–Crippen LogP) is 3.09. The fourth-order valence-electron chi connectivity index (χ4n) is 1.18. The van der Waals surface area contributed by atoms with E-state index in [2.05, 4.69) is 36.2 Å². The average Bonchev–Trinajstić information content (AvgIpc) is 2.53. The molecular weight excluding hydrogens is 182 g/mol. The lowest BCUT2D eigenvalue weighted by molar-refractivity contribution is 0.273. The van der Waals surface area contributed by atoms with E-state index in [0.29, 0.717) is 0 Å². The molecular formula is C10H11NOS. The molecule has 2 nitrogen and oxygen atoms in total. The summed E-state index contributed by atoms with van der Waals surface area (Å²) >= 11 is 1.35. The molecule has 0 N–H and O–H groups in total. The van der Waals surface area contributed by atoms with E-state index in [4.69, 9.17) is 4.18 Å². The number of aryl methyl sites for hydroxylation is 1. The standard InChI is InChI=1S/C10H11NOS/c1-7-3-5-9(6-4-7)10-11-8(2)13-12-10/h3-6,10H,1-2H3. The van der Waals surface area contributed by atoms with Crippen LogP contribution in [0.1, 0.15) is 24.3 Å². The summed E-state index contributed by atoms with van der Waals surface area (Å²) in [5.41, 5.74) is 2.38. The summed E-state index contributed by atoms with van der Waals surface area (Å²) in [7, 11) is 0. The Morgan fingerprint density at radius 3 is 2.46 bits per heavy atom. The Bertz CT molecular complexity index is 331. The topological polar surface area (TPSA) is 21.6 Å². The Balaban J connectivity index is 2.22. The van der Waals surface area contributed by atoms with Crippen LogP contribution < -0.4 is 0 Å². The van der Waals surface area contributed by atoms with Crippen molar-refractivity contribution < 1.29 is 4.18 Å². The highest BCUT2D eigenvalue weighted by atomic mass is 32.2. The lowest BCUT2D eigenvalue weighted by Gasteiger charge is -2.05. The SMILES string of the molecule is CC1=NC(c2ccc(C)cc2)OS1. The summed E-state index contributed by atoms with van der Waals surface area (Å²) in [4.78, 5) is 4.35. The summed E-state index contributed by atoms with van der Waals surface area (Å²) in [6, 6.07) is 8.27. The number of benzene rings is 1. The molecule has 1 unspecified atom stereocenters. The number of nitrogens with zero attached hydrogens (tertiary/aromatic N) is 1. The largest absolute Gasteiger partial charge is 0.278 e. The van der Waals surface area contributed by atoms with Gasteiger partial charge in [-0.2, -0.15) is 0 Å². The third kappa shape index (κ3) is 1.92. The van der Waals surface area contributed by atoms with E-state index in [1.165, 1.54) is 17.6 Å². The maximum absolute atomic E-state index is 5.40. The molecule has 1 aliphatic heterocycles. The molecule has 1 aromatic carbocycles. The van der Waals surface area contributed by atoms with Gasteiger partial charge < -0.3 is 0 Å². The number of rotatable bonds is 1. The molecule has 0 amide bonds. The van der Waals surface area contributed by atoms with Gasteiger partial charge in [0.1, 0.15) is 0 Å². The molecule has 13 heavy (non-hydrogen) atoms. The van der Waals surface area contributed by atoms with Crippen molar-refractivity contribution >= 4 is 17.1 Å². The zero-order valence-electron chi connectivity index (χ0n) is 7.65. The van der Waals surface area contributed by atoms with E-state index in [9.17, 15) is 0 Å². The second-order valence-electron chi connectivity index (χ2n) is 3.09. The molecule has 1 aromatic rings. The minimum absolute atomic E-state index is 0.106. The normalized spacial score (nSPS) is 21.7. The molecule has 2 rings (SSSR count). The zero-order valence-corrected chi connectivity index (χ0v) is 8.47. The summed E-state index contributed by atoms with van der Waals surface area (Å²) in [5, 5.41) is 0.991. The highest BCUT2D eigenvalue weighted by Gasteiger charge is 2.17. The minimum atomic E-state index is -0.106. The second-order valence-corrected chi connectivity index (χ2v) is 4.04. The van der Waals surface area contributed by atoms with Crippen molar-refractivity contribution in [3.63, 3.8) is 0 Å². The Morgan fingerprint density at radius 2 is 1.92 bits per heavy atom. The quantitative estimate of drug-likeness (QED) is 0.639. The van der Waals surface area contributed by atoms with Gasteiger partial charge in [0, 0.05) is 17.6 Å². The first kappa shape index (κ1) is 8.78. The fourth-order valence-corrected chi connectivity index (χ4v) is 1.71. The van der Waals surface area contributed by atoms with Crippen LogP contribution >= 0.6 is 12.0 Å². The molecule has 0 aromatic heterocycles. The molecule has 1 atom stereocenters. The van der Waals surface area contributed by atoms with Crippen LogP contribution in [-0.2, 0) is 4.18 Å². The molecule has 68 valence electrons. The van der Waals surface area contributed by atoms with Gasteiger partial charge in [-0.25, -0.2) is 4.99 Å². The van der Waals surface area contributed by atoms with Crippen LogP contribution in [0.3, 0.4) is 0 Å². The Labute approximate surface area is 82.2 Å². The summed E-state index contributed by atoms with van der Waals surface area (Å²) in [5.74, 6) is 0. The molecule has 3 heteroatoms. The van der Waals surface area contributed by atoms with Gasteiger partial charge in [-0.3, -0.25) is 4.18 Å². The van der Waals surface area contributed by atoms with Crippen LogP contribution in [-0.4, -0.2) is 5.04 Å². The lowest BCUT2D eigenvalue weighted by atomic mass is 10.1. The van der Waals surface area contributed by atoms with Gasteiger partial charge in [0.25, 0.3) is 0 Å². The van der Waals surface area contributed by atoms with Crippen molar-refractivity contribution in [3.8, 4) is 0 Å². The average molecular weight is 193 g/mol. The molecule has 0 fully saturated rings. The molecule has 0 aliphatic carbocycles. The third-order valence-corrected chi connectivity index (χ3v) is 2.55. The van der Waals surface area contributed by atoms with E-state index >= 15 is 0 Å². The lowest BCUT2D eigenvalue weighted by Crippen LogP contribution is -1.91. The van der Waals surface area contributed by atoms with Crippen LogP contribution in [0.4, 0.5) is 0 Å². The van der Waals surface area contributed by atoms with Gasteiger partial charge in [0.05, 0.1) is 5.04 Å². The van der Waals surface area contributed by atoms with Crippen LogP contribution in [0, 0.1) is 6.92 Å². The molecule has 0 bridgehead atoms. The second kappa shape index (κ2) is 3.52. The molecule has 0 saturated carbocycles. The number of hydrogen-bond donors (Lipinski definition) is 0. The zero-order chi connectivity index (χ0) is 9.26. The molecule has 1 aliphatic rings.